The molecule has 0 saturated carbocycles. The normalized spacial score (nSPS) is 11.2. The highest BCUT2D eigenvalue weighted by Crippen LogP contribution is 2.35. The molecule has 0 bridgehead atoms. The number of nitrogens with one attached hydrogen (secondary N) is 1. The number of thiophene rings is 1. The Morgan fingerprint density at radius 3 is 2.77 bits per heavy atom. The van der Waals surface area contributed by atoms with Gasteiger partial charge in [0.25, 0.3) is 11.6 Å². The number of nitrogens with zero attached hydrogens (tertiary/aromatic N) is 2. The molecule has 1 N–H and O–H groups in total. The third kappa shape index (κ3) is 3.37. The maximum Gasteiger partial charge on any atom is 0.283 e. The van der Waals surface area contributed by atoms with Gasteiger partial charge in [0.05, 0.1) is 16.2 Å². The molecule has 0 aliphatic rings. The fraction of sp³-hybridized carbons (Fsp3) is 0.0588. The van der Waals surface area contributed by atoms with Gasteiger partial charge in [-0.15, -0.1) is 11.3 Å². The minimum atomic E-state index is -0.598. The number of carbonyl (C=O) groups excluding carboxylic acids is 1. The first kappa shape index (κ1) is 17.8. The first-order chi connectivity index (χ1) is 12.4. The summed E-state index contributed by atoms with van der Waals surface area (Å²) in [7, 11) is 0. The monoisotopic (exact) mass is 388 g/mol. The summed E-state index contributed by atoms with van der Waals surface area (Å²) in [5.74, 6) is -0.921. The number of benzene rings is 2. The van der Waals surface area contributed by atoms with Gasteiger partial charge in [-0.1, -0.05) is 41.1 Å². The molecule has 9 heteroatoms. The molecule has 0 saturated heterocycles. The molecule has 0 unspecified atom stereocenters. The Kier molecular flexibility index (Phi) is 4.88. The largest absolute Gasteiger partial charge is 0.872 e. The molecular formula is C17H11ClN3O4S-. The van der Waals surface area contributed by atoms with Gasteiger partial charge in [0.1, 0.15) is 4.88 Å². The maximum absolute atomic E-state index is 12.3. The van der Waals surface area contributed by atoms with Gasteiger partial charge in [0, 0.05) is 22.2 Å². The Morgan fingerprint density at radius 2 is 2.08 bits per heavy atom. The van der Waals surface area contributed by atoms with E-state index in [1.165, 1.54) is 24.3 Å². The van der Waals surface area contributed by atoms with Crippen LogP contribution in [0.1, 0.15) is 20.8 Å². The number of rotatable bonds is 4. The van der Waals surface area contributed by atoms with Gasteiger partial charge in [-0.2, -0.15) is 5.10 Å². The lowest BCUT2D eigenvalue weighted by molar-refractivity contribution is -0.385. The Balaban J connectivity index is 1.83. The number of non-ortho nitro benzene ring substituents is 1. The van der Waals surface area contributed by atoms with E-state index in [0.717, 1.165) is 22.4 Å². The highest BCUT2D eigenvalue weighted by molar-refractivity contribution is 7.21. The van der Waals surface area contributed by atoms with Crippen molar-refractivity contribution in [1.82, 2.24) is 5.43 Å². The van der Waals surface area contributed by atoms with E-state index in [1.807, 2.05) is 24.3 Å². The first-order valence-electron chi connectivity index (χ1n) is 7.35. The Morgan fingerprint density at radius 1 is 1.35 bits per heavy atom. The smallest absolute Gasteiger partial charge is 0.283 e. The third-order valence-corrected chi connectivity index (χ3v) is 5.28. The van der Waals surface area contributed by atoms with Crippen molar-refractivity contribution >= 4 is 50.8 Å². The van der Waals surface area contributed by atoms with Crippen LogP contribution in [0, 0.1) is 17.0 Å². The summed E-state index contributed by atoms with van der Waals surface area (Å²) in [4.78, 5) is 22.8. The number of nitro groups is 1. The van der Waals surface area contributed by atoms with Crippen molar-refractivity contribution < 1.29 is 14.8 Å². The van der Waals surface area contributed by atoms with Crippen LogP contribution in [0.25, 0.3) is 10.1 Å². The van der Waals surface area contributed by atoms with E-state index in [-0.39, 0.29) is 16.8 Å². The predicted octanol–water partition coefficient (Wildman–Crippen LogP) is 3.61. The highest BCUT2D eigenvalue weighted by Gasteiger charge is 2.16. The van der Waals surface area contributed by atoms with Gasteiger partial charge < -0.3 is 5.11 Å². The molecule has 0 radical (unpaired) electrons. The van der Waals surface area contributed by atoms with Crippen molar-refractivity contribution in [2.24, 2.45) is 5.10 Å². The van der Waals surface area contributed by atoms with E-state index in [9.17, 15) is 20.0 Å². The molecular weight excluding hydrogens is 378 g/mol. The topological polar surface area (TPSA) is 108 Å². The van der Waals surface area contributed by atoms with Crippen molar-refractivity contribution in [2.45, 2.75) is 6.92 Å². The van der Waals surface area contributed by atoms with E-state index in [2.05, 4.69) is 10.5 Å². The maximum atomic E-state index is 12.3. The molecule has 1 aromatic heterocycles. The van der Waals surface area contributed by atoms with Gasteiger partial charge in [-0.05, 0) is 18.6 Å². The van der Waals surface area contributed by atoms with Crippen LogP contribution < -0.4 is 10.5 Å². The van der Waals surface area contributed by atoms with Crippen molar-refractivity contribution in [2.75, 3.05) is 0 Å². The quantitative estimate of drug-likeness (QED) is 0.418. The number of fused-ring (bicyclic) bond motifs is 1. The number of halogens is 1. The standard InChI is InChI=1S/C17H12ClN3O4S/c1-9-6-11(21(24)25)7-10(15(9)22)8-19-20-17(23)16-14(18)12-4-2-3-5-13(12)26-16/h2-8,22H,1H3,(H,20,23)/p-1/b19-8-. The van der Waals surface area contributed by atoms with Crippen LogP contribution in [-0.2, 0) is 0 Å². The summed E-state index contributed by atoms with van der Waals surface area (Å²) < 4.78 is 0.864. The minimum absolute atomic E-state index is 0.0134. The average molecular weight is 389 g/mol. The summed E-state index contributed by atoms with van der Waals surface area (Å²) in [5.41, 5.74) is 2.31. The van der Waals surface area contributed by atoms with Gasteiger partial charge >= 0.3 is 0 Å². The lowest BCUT2D eigenvalue weighted by Gasteiger charge is -2.13. The molecule has 1 amide bonds. The van der Waals surface area contributed by atoms with Crippen LogP contribution in [0.2, 0.25) is 5.02 Å². The fourth-order valence-corrected chi connectivity index (χ4v) is 3.76. The van der Waals surface area contributed by atoms with Gasteiger partial charge in [0.2, 0.25) is 0 Å². The molecule has 3 aromatic rings. The summed E-state index contributed by atoms with van der Waals surface area (Å²) in [5, 5.41) is 27.7. The number of nitro benzene ring substituents is 1. The molecule has 2 aromatic carbocycles. The van der Waals surface area contributed by atoms with Gasteiger partial charge in [-0.3, -0.25) is 14.9 Å². The van der Waals surface area contributed by atoms with E-state index in [4.69, 9.17) is 11.6 Å². The number of aryl methyl sites for hydroxylation is 1. The molecule has 26 heavy (non-hydrogen) atoms. The second-order valence-corrected chi connectivity index (χ2v) is 6.81. The molecule has 0 aliphatic carbocycles. The molecule has 0 atom stereocenters. The van der Waals surface area contributed by atoms with Gasteiger partial charge in [0.15, 0.2) is 0 Å². The first-order valence-corrected chi connectivity index (χ1v) is 8.54. The molecule has 1 heterocycles. The number of hydrogen-bond donors (Lipinski definition) is 1. The summed E-state index contributed by atoms with van der Waals surface area (Å²) in [6.45, 7) is 1.47. The Hall–Kier alpha value is -2.97. The molecule has 3 rings (SSSR count). The molecule has 0 aliphatic heterocycles. The second kappa shape index (κ2) is 7.11. The summed E-state index contributed by atoms with van der Waals surface area (Å²) in [6.07, 6.45) is 1.08. The zero-order chi connectivity index (χ0) is 18.8. The van der Waals surface area contributed by atoms with E-state index >= 15 is 0 Å². The van der Waals surface area contributed by atoms with Crippen LogP contribution in [0.4, 0.5) is 5.69 Å². The van der Waals surface area contributed by atoms with Crippen LogP contribution in [-0.4, -0.2) is 17.0 Å². The van der Waals surface area contributed by atoms with Crippen molar-refractivity contribution in [3.05, 3.63) is 67.5 Å². The summed E-state index contributed by atoms with van der Waals surface area (Å²) >= 11 is 7.44. The minimum Gasteiger partial charge on any atom is -0.872 e. The molecule has 7 nitrogen and oxygen atoms in total. The van der Waals surface area contributed by atoms with Crippen molar-refractivity contribution in [3.63, 3.8) is 0 Å². The van der Waals surface area contributed by atoms with Gasteiger partial charge in [-0.25, -0.2) is 5.43 Å². The number of hydrazone groups is 1. The number of amides is 1. The van der Waals surface area contributed by atoms with Crippen LogP contribution >= 0.6 is 22.9 Å². The SMILES string of the molecule is Cc1cc([N+](=O)[O-])cc(/C=N\NC(=O)c2sc3ccccc3c2Cl)c1[O-]. The fourth-order valence-electron chi connectivity index (χ4n) is 2.35. The van der Waals surface area contributed by atoms with Crippen molar-refractivity contribution in [3.8, 4) is 5.75 Å². The van der Waals surface area contributed by atoms with E-state index in [0.29, 0.717) is 9.90 Å². The molecule has 0 spiro atoms. The number of carbonyl (C=O) groups is 1. The van der Waals surface area contributed by atoms with Crippen molar-refractivity contribution in [1.29, 1.82) is 0 Å². The third-order valence-electron chi connectivity index (χ3n) is 3.61. The summed E-state index contributed by atoms with van der Waals surface area (Å²) in [6, 6.07) is 9.62. The van der Waals surface area contributed by atoms with Crippen LogP contribution in [0.3, 0.4) is 0 Å². The molecule has 0 fully saturated rings. The Labute approximate surface area is 156 Å². The average Bonchev–Trinajstić information content (AvgIpc) is 2.95. The molecule has 132 valence electrons. The number of hydrogen-bond acceptors (Lipinski definition) is 6. The second-order valence-electron chi connectivity index (χ2n) is 5.38. The lowest BCUT2D eigenvalue weighted by atomic mass is 10.1. The zero-order valence-electron chi connectivity index (χ0n) is 13.4. The zero-order valence-corrected chi connectivity index (χ0v) is 14.9. The lowest BCUT2D eigenvalue weighted by Crippen LogP contribution is -2.16. The van der Waals surface area contributed by atoms with Crippen LogP contribution in [0.15, 0.2) is 41.5 Å². The predicted molar refractivity (Wildman–Crippen MR) is 99.2 cm³/mol. The highest BCUT2D eigenvalue weighted by atomic mass is 35.5. The van der Waals surface area contributed by atoms with E-state index < -0.39 is 16.6 Å². The Bertz CT molecular complexity index is 1060. The van der Waals surface area contributed by atoms with Crippen LogP contribution in [0.5, 0.6) is 5.75 Å². The van der Waals surface area contributed by atoms with E-state index in [1.54, 1.807) is 0 Å².